The normalized spacial score (nSPS) is 26.4. The summed E-state index contributed by atoms with van der Waals surface area (Å²) in [4.78, 5) is 0. The lowest BCUT2D eigenvalue weighted by molar-refractivity contribution is 0.145. The fourth-order valence-corrected chi connectivity index (χ4v) is 1.93. The Bertz CT molecular complexity index is 172. The molecule has 1 fully saturated rings. The van der Waals surface area contributed by atoms with Crippen molar-refractivity contribution >= 4 is 0 Å². The standard InChI is InChI=1S/C8H15F.C7H17N.C2H6/c1-6-3-4-7(2)8(9)5-6;1-6(2)5-8-7(3)4;1-2/h6-8H,3-5H2,1-2H3;6-8H,5H2,1-4H3;1-2H3. The Morgan fingerprint density at radius 1 is 1.05 bits per heavy atom. The van der Waals surface area contributed by atoms with E-state index in [9.17, 15) is 4.39 Å². The molecule has 1 N–H and O–H groups in total. The summed E-state index contributed by atoms with van der Waals surface area (Å²) in [5.74, 6) is 1.72. The average Bonchev–Trinajstić information content (AvgIpc) is 2.35. The van der Waals surface area contributed by atoms with E-state index in [4.69, 9.17) is 0 Å². The first kappa shape index (κ1) is 21.2. The van der Waals surface area contributed by atoms with Gasteiger partial charge in [0.2, 0.25) is 0 Å². The smallest absolute Gasteiger partial charge is 0.103 e. The third-order valence-corrected chi connectivity index (χ3v) is 3.29. The van der Waals surface area contributed by atoms with Crippen LogP contribution < -0.4 is 5.32 Å². The fourth-order valence-electron chi connectivity index (χ4n) is 1.93. The zero-order chi connectivity index (χ0) is 15.4. The molecule has 0 aromatic carbocycles. The number of alkyl halides is 1. The number of halogens is 1. The quantitative estimate of drug-likeness (QED) is 0.722. The maximum absolute atomic E-state index is 12.8. The Kier molecular flexibility index (Phi) is 14.4. The maximum atomic E-state index is 12.8. The SMILES string of the molecule is CC.CC(C)CNC(C)C.CC1CCC(C)C(F)C1. The summed E-state index contributed by atoms with van der Waals surface area (Å²) in [5.41, 5.74) is 0. The van der Waals surface area contributed by atoms with E-state index in [1.807, 2.05) is 20.8 Å². The average molecular weight is 275 g/mol. The second-order valence-corrected chi connectivity index (χ2v) is 6.37. The minimum absolute atomic E-state index is 0.321. The van der Waals surface area contributed by atoms with Crippen LogP contribution in [0.15, 0.2) is 0 Å². The summed E-state index contributed by atoms with van der Waals surface area (Å²) >= 11 is 0. The lowest BCUT2D eigenvalue weighted by Crippen LogP contribution is -2.26. The van der Waals surface area contributed by atoms with Crippen LogP contribution in [-0.4, -0.2) is 18.8 Å². The van der Waals surface area contributed by atoms with Crippen LogP contribution in [0.5, 0.6) is 0 Å². The molecule has 3 atom stereocenters. The molecule has 0 saturated heterocycles. The van der Waals surface area contributed by atoms with Gasteiger partial charge in [0.25, 0.3) is 0 Å². The number of rotatable bonds is 3. The number of hydrogen-bond acceptors (Lipinski definition) is 1. The van der Waals surface area contributed by atoms with Crippen LogP contribution in [0.2, 0.25) is 0 Å². The molecule has 1 nitrogen and oxygen atoms in total. The first-order valence-electron chi connectivity index (χ1n) is 8.20. The maximum Gasteiger partial charge on any atom is 0.103 e. The van der Waals surface area contributed by atoms with Gasteiger partial charge >= 0.3 is 0 Å². The number of nitrogens with one attached hydrogen (secondary N) is 1. The molecule has 1 aliphatic rings. The molecule has 2 heteroatoms. The summed E-state index contributed by atoms with van der Waals surface area (Å²) in [5, 5.41) is 3.34. The van der Waals surface area contributed by atoms with E-state index in [0.29, 0.717) is 17.9 Å². The lowest BCUT2D eigenvalue weighted by Gasteiger charge is -2.26. The van der Waals surface area contributed by atoms with Crippen molar-refractivity contribution in [3.05, 3.63) is 0 Å². The molecule has 1 aliphatic carbocycles. The Morgan fingerprint density at radius 3 is 1.84 bits per heavy atom. The molecular formula is C17H38FN. The molecule has 0 aromatic heterocycles. The zero-order valence-electron chi connectivity index (χ0n) is 14.6. The molecule has 1 rings (SSSR count). The van der Waals surface area contributed by atoms with Crippen LogP contribution in [0.1, 0.15) is 74.7 Å². The van der Waals surface area contributed by atoms with Gasteiger partial charge in [-0.15, -0.1) is 0 Å². The number of hydrogen-bond donors (Lipinski definition) is 1. The van der Waals surface area contributed by atoms with Crippen molar-refractivity contribution in [2.75, 3.05) is 6.54 Å². The monoisotopic (exact) mass is 275 g/mol. The van der Waals surface area contributed by atoms with Crippen LogP contribution in [-0.2, 0) is 0 Å². The van der Waals surface area contributed by atoms with Gasteiger partial charge in [0.15, 0.2) is 0 Å². The second kappa shape index (κ2) is 12.9. The van der Waals surface area contributed by atoms with Gasteiger partial charge in [-0.05, 0) is 37.1 Å². The van der Waals surface area contributed by atoms with Crippen LogP contribution in [0.4, 0.5) is 4.39 Å². The predicted octanol–water partition coefficient (Wildman–Crippen LogP) is 5.45. The van der Waals surface area contributed by atoms with E-state index in [-0.39, 0.29) is 0 Å². The highest BCUT2D eigenvalue weighted by Crippen LogP contribution is 2.30. The molecule has 0 amide bonds. The molecule has 0 spiro atoms. The molecule has 19 heavy (non-hydrogen) atoms. The Balaban J connectivity index is 0. The Hall–Kier alpha value is -0.110. The third kappa shape index (κ3) is 14.1. The summed E-state index contributed by atoms with van der Waals surface area (Å²) in [6.07, 6.45) is 2.58. The highest BCUT2D eigenvalue weighted by molar-refractivity contribution is 4.74. The molecule has 0 aliphatic heterocycles. The van der Waals surface area contributed by atoms with Crippen LogP contribution in [0.25, 0.3) is 0 Å². The molecular weight excluding hydrogens is 237 g/mol. The summed E-state index contributed by atoms with van der Waals surface area (Å²) in [6.45, 7) is 18.1. The molecule has 3 unspecified atom stereocenters. The van der Waals surface area contributed by atoms with E-state index >= 15 is 0 Å². The highest BCUT2D eigenvalue weighted by Gasteiger charge is 2.24. The van der Waals surface area contributed by atoms with Crippen molar-refractivity contribution in [1.29, 1.82) is 0 Å². The van der Waals surface area contributed by atoms with Crippen molar-refractivity contribution in [3.8, 4) is 0 Å². The lowest BCUT2D eigenvalue weighted by atomic mass is 9.83. The van der Waals surface area contributed by atoms with Gasteiger partial charge in [0.1, 0.15) is 6.17 Å². The van der Waals surface area contributed by atoms with Gasteiger partial charge in [-0.25, -0.2) is 4.39 Å². The predicted molar refractivity (Wildman–Crippen MR) is 86.4 cm³/mol. The highest BCUT2D eigenvalue weighted by atomic mass is 19.1. The van der Waals surface area contributed by atoms with Crippen molar-refractivity contribution in [2.24, 2.45) is 17.8 Å². The van der Waals surface area contributed by atoms with E-state index < -0.39 is 6.17 Å². The molecule has 1 saturated carbocycles. The first-order valence-corrected chi connectivity index (χ1v) is 8.20. The molecule has 0 aromatic rings. The van der Waals surface area contributed by atoms with Crippen molar-refractivity contribution in [3.63, 3.8) is 0 Å². The Labute approximate surface area is 121 Å². The van der Waals surface area contributed by atoms with E-state index in [2.05, 4.69) is 39.9 Å². The van der Waals surface area contributed by atoms with Crippen LogP contribution in [0, 0.1) is 17.8 Å². The third-order valence-electron chi connectivity index (χ3n) is 3.29. The van der Waals surface area contributed by atoms with E-state index in [1.165, 1.54) is 6.42 Å². The molecule has 118 valence electrons. The fraction of sp³-hybridized carbons (Fsp3) is 1.00. The summed E-state index contributed by atoms with van der Waals surface area (Å²) < 4.78 is 12.8. The first-order chi connectivity index (χ1) is 8.82. The van der Waals surface area contributed by atoms with Crippen molar-refractivity contribution in [1.82, 2.24) is 5.32 Å². The molecule has 0 bridgehead atoms. The van der Waals surface area contributed by atoms with Gasteiger partial charge in [-0.3, -0.25) is 0 Å². The summed E-state index contributed by atoms with van der Waals surface area (Å²) in [7, 11) is 0. The van der Waals surface area contributed by atoms with Crippen LogP contribution >= 0.6 is 0 Å². The van der Waals surface area contributed by atoms with Gasteiger partial charge in [-0.2, -0.15) is 0 Å². The second-order valence-electron chi connectivity index (χ2n) is 6.37. The van der Waals surface area contributed by atoms with E-state index in [1.54, 1.807) is 0 Å². The molecule has 0 heterocycles. The minimum atomic E-state index is -0.520. The largest absolute Gasteiger partial charge is 0.314 e. The van der Waals surface area contributed by atoms with Gasteiger partial charge in [0, 0.05) is 6.04 Å². The van der Waals surface area contributed by atoms with Crippen molar-refractivity contribution < 1.29 is 4.39 Å². The van der Waals surface area contributed by atoms with Gasteiger partial charge in [0.05, 0.1) is 0 Å². The summed E-state index contributed by atoms with van der Waals surface area (Å²) in [6, 6.07) is 0.636. The minimum Gasteiger partial charge on any atom is -0.314 e. The Morgan fingerprint density at radius 2 is 1.58 bits per heavy atom. The topological polar surface area (TPSA) is 12.0 Å². The van der Waals surface area contributed by atoms with Crippen molar-refractivity contribution in [2.45, 2.75) is 86.9 Å². The zero-order valence-corrected chi connectivity index (χ0v) is 14.6. The van der Waals surface area contributed by atoms with Gasteiger partial charge in [-0.1, -0.05) is 61.8 Å². The van der Waals surface area contributed by atoms with Gasteiger partial charge < -0.3 is 5.32 Å². The molecule has 0 radical (unpaired) electrons. The van der Waals surface area contributed by atoms with E-state index in [0.717, 1.165) is 25.3 Å². The van der Waals surface area contributed by atoms with Crippen LogP contribution in [0.3, 0.4) is 0 Å².